The molecule has 0 radical (unpaired) electrons. The SMILES string of the molecule is SCCSC(CS)CSCCSCCSC(CS)CS. The molecule has 0 spiro atoms. The van der Waals surface area contributed by atoms with Gasteiger partial charge in [0.1, 0.15) is 0 Å². The summed E-state index contributed by atoms with van der Waals surface area (Å²) in [6, 6.07) is 0. The third-order valence-electron chi connectivity index (χ3n) is 2.31. The summed E-state index contributed by atoms with van der Waals surface area (Å²) in [5, 5.41) is 1.29. The molecule has 0 rings (SSSR count). The summed E-state index contributed by atoms with van der Waals surface area (Å²) < 4.78 is 0. The highest BCUT2D eigenvalue weighted by Gasteiger charge is 2.07. The molecule has 20 heavy (non-hydrogen) atoms. The molecule has 0 nitrogen and oxygen atoms in total. The van der Waals surface area contributed by atoms with Crippen LogP contribution in [0, 0.1) is 0 Å². The molecule has 0 fully saturated rings. The Morgan fingerprint density at radius 3 is 1.75 bits per heavy atom. The molecule has 0 aliphatic rings. The van der Waals surface area contributed by atoms with Crippen LogP contribution in [0.5, 0.6) is 0 Å². The van der Waals surface area contributed by atoms with E-state index in [0.717, 1.165) is 28.8 Å². The molecule has 1 atom stereocenters. The molecule has 0 aromatic heterocycles. The van der Waals surface area contributed by atoms with Gasteiger partial charge in [0.15, 0.2) is 0 Å². The van der Waals surface area contributed by atoms with Gasteiger partial charge in [0, 0.05) is 62.3 Å². The Kier molecular flexibility index (Phi) is 20.7. The fraction of sp³-hybridized carbons (Fsp3) is 1.00. The molecule has 0 N–H and O–H groups in total. The Balaban J connectivity index is 3.30. The van der Waals surface area contributed by atoms with Crippen molar-refractivity contribution < 1.29 is 0 Å². The first-order valence-corrected chi connectivity index (χ1v) is 13.5. The quantitative estimate of drug-likeness (QED) is 0.226. The van der Waals surface area contributed by atoms with Crippen molar-refractivity contribution >= 4 is 97.6 Å². The number of hydrogen-bond acceptors (Lipinski definition) is 8. The van der Waals surface area contributed by atoms with Crippen LogP contribution in [0.2, 0.25) is 0 Å². The molecule has 0 saturated carbocycles. The Morgan fingerprint density at radius 1 is 0.600 bits per heavy atom. The molecule has 0 bridgehead atoms. The zero-order chi connectivity index (χ0) is 15.1. The van der Waals surface area contributed by atoms with Crippen LogP contribution in [0.15, 0.2) is 0 Å². The first-order chi connectivity index (χ1) is 9.78. The first kappa shape index (κ1) is 22.8. The molecule has 0 aromatic carbocycles. The highest BCUT2D eigenvalue weighted by molar-refractivity contribution is 8.06. The summed E-state index contributed by atoms with van der Waals surface area (Å²) in [6.07, 6.45) is 0. The van der Waals surface area contributed by atoms with Crippen LogP contribution in [0.1, 0.15) is 0 Å². The van der Waals surface area contributed by atoms with E-state index in [-0.39, 0.29) is 0 Å². The van der Waals surface area contributed by atoms with Gasteiger partial charge in [0.25, 0.3) is 0 Å². The maximum atomic E-state index is 4.42. The van der Waals surface area contributed by atoms with E-state index in [9.17, 15) is 0 Å². The smallest absolute Gasteiger partial charge is 0.0226 e. The highest BCUT2D eigenvalue weighted by Crippen LogP contribution is 2.20. The minimum atomic E-state index is 0.608. The zero-order valence-corrected chi connectivity index (χ0v) is 18.5. The third-order valence-corrected chi connectivity index (χ3v) is 10.2. The van der Waals surface area contributed by atoms with Crippen molar-refractivity contribution in [3.05, 3.63) is 0 Å². The molecule has 0 saturated heterocycles. The lowest BCUT2D eigenvalue weighted by Gasteiger charge is -2.13. The van der Waals surface area contributed by atoms with Gasteiger partial charge in [-0.05, 0) is 5.75 Å². The Morgan fingerprint density at radius 2 is 1.15 bits per heavy atom. The van der Waals surface area contributed by atoms with E-state index in [4.69, 9.17) is 0 Å². The number of hydrogen-bond donors (Lipinski definition) is 4. The number of thioether (sulfide) groups is 4. The van der Waals surface area contributed by atoms with Gasteiger partial charge in [-0.2, -0.15) is 97.6 Å². The van der Waals surface area contributed by atoms with Crippen molar-refractivity contribution in [3.63, 3.8) is 0 Å². The Bertz CT molecular complexity index is 188. The van der Waals surface area contributed by atoms with E-state index in [0.29, 0.717) is 10.5 Å². The first-order valence-electron chi connectivity index (χ1n) is 6.60. The van der Waals surface area contributed by atoms with Crippen LogP contribution in [-0.2, 0) is 0 Å². The molecule has 8 heteroatoms. The van der Waals surface area contributed by atoms with Crippen LogP contribution in [0.4, 0.5) is 0 Å². The van der Waals surface area contributed by atoms with Gasteiger partial charge in [-0.15, -0.1) is 0 Å². The second-order valence-corrected chi connectivity index (χ2v) is 10.7. The predicted octanol–water partition coefficient (Wildman–Crippen LogP) is 4.38. The van der Waals surface area contributed by atoms with E-state index >= 15 is 0 Å². The molecule has 1 unspecified atom stereocenters. The fourth-order valence-electron chi connectivity index (χ4n) is 1.24. The topological polar surface area (TPSA) is 0 Å². The van der Waals surface area contributed by atoms with Crippen LogP contribution in [-0.4, -0.2) is 68.0 Å². The highest BCUT2D eigenvalue weighted by atomic mass is 32.2. The lowest BCUT2D eigenvalue weighted by Crippen LogP contribution is -2.10. The molecule has 0 heterocycles. The summed E-state index contributed by atoms with van der Waals surface area (Å²) in [5.74, 6) is 11.1. The monoisotopic (exact) mass is 426 g/mol. The van der Waals surface area contributed by atoms with Crippen LogP contribution in [0.25, 0.3) is 0 Å². The second kappa shape index (κ2) is 18.1. The van der Waals surface area contributed by atoms with E-state index in [1.54, 1.807) is 0 Å². The van der Waals surface area contributed by atoms with Crippen molar-refractivity contribution in [3.8, 4) is 0 Å². The minimum Gasteiger partial charge on any atom is -0.179 e. The molecule has 0 aliphatic carbocycles. The van der Waals surface area contributed by atoms with Gasteiger partial charge in [-0.1, -0.05) is 0 Å². The molecule has 122 valence electrons. The summed E-state index contributed by atoms with van der Waals surface area (Å²) in [7, 11) is 0. The standard InChI is InChI=1S/C12H26S8/c13-1-2-19-12(9-16)10-18-4-3-17-5-6-20-11(7-14)8-15/h11-16H,1-10H2. The summed E-state index contributed by atoms with van der Waals surface area (Å²) >= 11 is 25.5. The molecule has 0 aromatic rings. The normalized spacial score (nSPS) is 13.1. The van der Waals surface area contributed by atoms with Crippen LogP contribution in [0.3, 0.4) is 0 Å². The number of thiol groups is 4. The van der Waals surface area contributed by atoms with Crippen LogP contribution >= 0.6 is 97.6 Å². The predicted molar refractivity (Wildman–Crippen MR) is 123 cm³/mol. The fourth-order valence-corrected chi connectivity index (χ4v) is 7.59. The van der Waals surface area contributed by atoms with Gasteiger partial charge in [-0.25, -0.2) is 0 Å². The van der Waals surface area contributed by atoms with Crippen LogP contribution < -0.4 is 0 Å². The van der Waals surface area contributed by atoms with Crippen molar-refractivity contribution in [1.82, 2.24) is 0 Å². The molecule has 0 amide bonds. The maximum Gasteiger partial charge on any atom is 0.0226 e. The van der Waals surface area contributed by atoms with Crippen molar-refractivity contribution in [2.24, 2.45) is 0 Å². The van der Waals surface area contributed by atoms with Gasteiger partial charge in [-0.3, -0.25) is 0 Å². The molecule has 0 aliphatic heterocycles. The number of rotatable bonds is 15. The van der Waals surface area contributed by atoms with E-state index in [2.05, 4.69) is 74.0 Å². The Labute approximate surface area is 164 Å². The van der Waals surface area contributed by atoms with Crippen molar-refractivity contribution in [2.45, 2.75) is 10.5 Å². The second-order valence-electron chi connectivity index (χ2n) is 3.94. The zero-order valence-electron chi connectivity index (χ0n) is 11.6. The van der Waals surface area contributed by atoms with E-state index in [1.807, 2.05) is 23.5 Å². The third kappa shape index (κ3) is 14.4. The summed E-state index contributed by atoms with van der Waals surface area (Å²) in [4.78, 5) is 0. The lowest BCUT2D eigenvalue weighted by molar-refractivity contribution is 1.15. The van der Waals surface area contributed by atoms with Crippen molar-refractivity contribution in [1.29, 1.82) is 0 Å². The molecular formula is C12H26S8. The van der Waals surface area contributed by atoms with Crippen molar-refractivity contribution in [2.75, 3.05) is 57.5 Å². The average Bonchev–Trinajstić information content (AvgIpc) is 2.49. The van der Waals surface area contributed by atoms with Gasteiger partial charge < -0.3 is 0 Å². The van der Waals surface area contributed by atoms with E-state index < -0.39 is 0 Å². The van der Waals surface area contributed by atoms with Gasteiger partial charge in [0.05, 0.1) is 0 Å². The minimum absolute atomic E-state index is 0.608. The largest absolute Gasteiger partial charge is 0.179 e. The Hall–Kier alpha value is 2.80. The van der Waals surface area contributed by atoms with Gasteiger partial charge >= 0.3 is 0 Å². The molecular weight excluding hydrogens is 401 g/mol. The average molecular weight is 427 g/mol. The lowest BCUT2D eigenvalue weighted by atomic mass is 10.5. The summed E-state index contributed by atoms with van der Waals surface area (Å²) in [5.41, 5.74) is 0. The summed E-state index contributed by atoms with van der Waals surface area (Å²) in [6.45, 7) is 0. The maximum absolute atomic E-state index is 4.42. The van der Waals surface area contributed by atoms with Gasteiger partial charge in [0.2, 0.25) is 0 Å². The van der Waals surface area contributed by atoms with E-state index in [1.165, 1.54) is 28.8 Å².